The largest absolute Gasteiger partial charge is 0.481 e. The number of rotatable bonds is 8. The van der Waals surface area contributed by atoms with Gasteiger partial charge in [0.25, 0.3) is 0 Å². The summed E-state index contributed by atoms with van der Waals surface area (Å²) >= 11 is 0. The van der Waals surface area contributed by atoms with Crippen LogP contribution in [-0.2, 0) is 19.1 Å². The maximum Gasteiger partial charge on any atom is 0.416 e. The van der Waals surface area contributed by atoms with Crippen molar-refractivity contribution in [3.05, 3.63) is 0 Å². The third-order valence-electron chi connectivity index (χ3n) is 2.37. The molecule has 0 saturated heterocycles. The number of carboxylic acids is 2. The number of hydrogen-bond acceptors (Lipinski definition) is 4. The normalized spacial score (nSPS) is 15.6. The zero-order valence-electron chi connectivity index (χ0n) is 10.9. The number of carbonyl (C=O) groups is 2. The quantitative estimate of drug-likeness (QED) is 0.396. The zero-order valence-corrected chi connectivity index (χ0v) is 10.9. The summed E-state index contributed by atoms with van der Waals surface area (Å²) in [6, 6.07) is 0. The van der Waals surface area contributed by atoms with E-state index in [9.17, 15) is 35.9 Å². The molecule has 0 aromatic rings. The van der Waals surface area contributed by atoms with Crippen LogP contribution in [0.2, 0.25) is 0 Å². The van der Waals surface area contributed by atoms with Gasteiger partial charge in [0, 0.05) is 0 Å². The Balaban J connectivity index is 4.71. The molecule has 0 heterocycles. The van der Waals surface area contributed by atoms with Gasteiger partial charge in [-0.3, -0.25) is 9.59 Å². The molecule has 0 fully saturated rings. The molecule has 0 aromatic heterocycles. The summed E-state index contributed by atoms with van der Waals surface area (Å²) in [6.07, 6.45) is -15.5. The zero-order chi connectivity index (χ0) is 17.7. The maximum absolute atomic E-state index is 12.6. The van der Waals surface area contributed by atoms with E-state index in [2.05, 4.69) is 9.47 Å². The van der Waals surface area contributed by atoms with Crippen LogP contribution in [0.3, 0.4) is 0 Å². The smallest absolute Gasteiger partial charge is 0.416 e. The number of alkyl halides is 6. The van der Waals surface area contributed by atoms with Gasteiger partial charge in [-0.15, -0.1) is 0 Å². The first-order valence-corrected chi connectivity index (χ1v) is 5.60. The molecule has 22 heavy (non-hydrogen) atoms. The molecule has 0 saturated carbocycles. The minimum atomic E-state index is -5.34. The minimum absolute atomic E-state index is 0.610. The van der Waals surface area contributed by atoms with Crippen molar-refractivity contribution in [2.45, 2.75) is 31.5 Å². The van der Waals surface area contributed by atoms with Crippen molar-refractivity contribution in [3.8, 4) is 0 Å². The third kappa shape index (κ3) is 6.47. The lowest BCUT2D eigenvalue weighted by Crippen LogP contribution is -2.46. The highest BCUT2D eigenvalue weighted by Gasteiger charge is 2.52. The second kappa shape index (κ2) is 7.63. The van der Waals surface area contributed by atoms with Crippen LogP contribution in [0.5, 0.6) is 0 Å². The summed E-state index contributed by atoms with van der Waals surface area (Å²) in [6.45, 7) is -1.39. The molecule has 0 aromatic carbocycles. The fraction of sp³-hybridized carbons (Fsp3) is 0.800. The van der Waals surface area contributed by atoms with Gasteiger partial charge in [-0.1, -0.05) is 0 Å². The molecule has 6 nitrogen and oxygen atoms in total. The van der Waals surface area contributed by atoms with Crippen LogP contribution < -0.4 is 0 Å². The van der Waals surface area contributed by atoms with Crippen LogP contribution >= 0.6 is 0 Å². The molecule has 130 valence electrons. The molecular weight excluding hydrogens is 330 g/mol. The van der Waals surface area contributed by atoms with Crippen LogP contribution in [0.25, 0.3) is 0 Å². The van der Waals surface area contributed by atoms with Gasteiger partial charge in [-0.25, -0.2) is 0 Å². The number of halogens is 6. The lowest BCUT2D eigenvalue weighted by Gasteiger charge is -2.24. The van der Waals surface area contributed by atoms with Gasteiger partial charge in [0.1, 0.15) is 0 Å². The van der Waals surface area contributed by atoms with Crippen molar-refractivity contribution in [2.24, 2.45) is 5.92 Å². The summed E-state index contributed by atoms with van der Waals surface area (Å²) in [4.78, 5) is 21.1. The molecule has 2 atom stereocenters. The van der Waals surface area contributed by atoms with E-state index in [1.165, 1.54) is 0 Å². The molecule has 0 aliphatic rings. The molecule has 0 bridgehead atoms. The van der Waals surface area contributed by atoms with Crippen molar-refractivity contribution in [1.29, 1.82) is 0 Å². The number of hydrogen-bond donors (Lipinski definition) is 2. The van der Waals surface area contributed by atoms with Gasteiger partial charge < -0.3 is 19.7 Å². The van der Waals surface area contributed by atoms with E-state index in [4.69, 9.17) is 10.2 Å². The van der Waals surface area contributed by atoms with Crippen LogP contribution in [0.4, 0.5) is 26.3 Å². The predicted molar refractivity (Wildman–Crippen MR) is 56.0 cm³/mol. The summed E-state index contributed by atoms with van der Waals surface area (Å²) in [7, 11) is 0. The summed E-state index contributed by atoms with van der Waals surface area (Å²) in [5.41, 5.74) is 0. The number of aliphatic carboxylic acids is 2. The monoisotopic (exact) mass is 342 g/mol. The molecule has 2 unspecified atom stereocenters. The van der Waals surface area contributed by atoms with Gasteiger partial charge in [0.05, 0.1) is 13.2 Å². The Morgan fingerprint density at radius 1 is 0.909 bits per heavy atom. The number of carboxylic acid groups (broad SMARTS) is 2. The van der Waals surface area contributed by atoms with Crippen LogP contribution in [-0.4, -0.2) is 59.9 Å². The molecule has 0 radical (unpaired) electrons. The highest BCUT2D eigenvalue weighted by atomic mass is 19.4. The van der Waals surface area contributed by atoms with Crippen LogP contribution in [0.15, 0.2) is 0 Å². The molecule has 0 amide bonds. The van der Waals surface area contributed by atoms with Crippen LogP contribution in [0.1, 0.15) is 6.92 Å². The van der Waals surface area contributed by atoms with E-state index in [0.717, 1.165) is 0 Å². The molecule has 0 rings (SSSR count). The first-order chi connectivity index (χ1) is 9.78. The highest BCUT2D eigenvalue weighted by molar-refractivity contribution is 5.93. The fourth-order valence-electron chi connectivity index (χ4n) is 1.24. The summed E-state index contributed by atoms with van der Waals surface area (Å²) in [5.74, 6) is -7.53. The first kappa shape index (κ1) is 20.4. The van der Waals surface area contributed by atoms with Gasteiger partial charge in [0.2, 0.25) is 0 Å². The fourth-order valence-corrected chi connectivity index (χ4v) is 1.24. The van der Waals surface area contributed by atoms with E-state index >= 15 is 0 Å². The third-order valence-corrected chi connectivity index (χ3v) is 2.37. The van der Waals surface area contributed by atoms with Crippen molar-refractivity contribution < 1.29 is 55.6 Å². The Labute approximate surface area is 119 Å². The summed E-state index contributed by atoms with van der Waals surface area (Å²) < 4.78 is 82.2. The van der Waals surface area contributed by atoms with Crippen LogP contribution in [0, 0.1) is 5.92 Å². The molecule has 0 spiro atoms. The Bertz CT molecular complexity index is 378. The molecular formula is C10H12F6O6. The lowest BCUT2D eigenvalue weighted by molar-refractivity contribution is -0.248. The van der Waals surface area contributed by atoms with Crippen molar-refractivity contribution in [2.75, 3.05) is 13.2 Å². The van der Waals surface area contributed by atoms with E-state index in [-0.39, 0.29) is 0 Å². The van der Waals surface area contributed by atoms with E-state index < -0.39 is 55.6 Å². The molecule has 12 heteroatoms. The Morgan fingerprint density at radius 2 is 1.32 bits per heavy atom. The van der Waals surface area contributed by atoms with Gasteiger partial charge in [-0.2, -0.15) is 26.3 Å². The van der Waals surface area contributed by atoms with Crippen molar-refractivity contribution in [1.82, 2.24) is 0 Å². The predicted octanol–water partition coefficient (Wildman–Crippen LogP) is 1.69. The Morgan fingerprint density at radius 3 is 1.64 bits per heavy atom. The highest BCUT2D eigenvalue weighted by Crippen LogP contribution is 2.29. The van der Waals surface area contributed by atoms with E-state index in [1.807, 2.05) is 0 Å². The minimum Gasteiger partial charge on any atom is -0.481 e. The topological polar surface area (TPSA) is 93.1 Å². The first-order valence-electron chi connectivity index (χ1n) is 5.60. The average molecular weight is 342 g/mol. The molecule has 2 N–H and O–H groups in total. The van der Waals surface area contributed by atoms with Gasteiger partial charge >= 0.3 is 24.3 Å². The van der Waals surface area contributed by atoms with Crippen molar-refractivity contribution >= 4 is 11.9 Å². The van der Waals surface area contributed by atoms with E-state index in [0.29, 0.717) is 6.92 Å². The van der Waals surface area contributed by atoms with Gasteiger partial charge in [0.15, 0.2) is 18.1 Å². The SMILES string of the molecule is CC(OCCOC(C(C(=O)O)C(=O)O)C(F)(F)F)C(F)(F)F. The number of ether oxygens (including phenoxy) is 2. The summed E-state index contributed by atoms with van der Waals surface area (Å²) in [5, 5.41) is 17.0. The maximum atomic E-state index is 12.6. The van der Waals surface area contributed by atoms with Gasteiger partial charge in [-0.05, 0) is 6.92 Å². The Hall–Kier alpha value is -1.56. The second-order valence-corrected chi connectivity index (χ2v) is 4.04. The molecule has 0 aliphatic carbocycles. The molecule has 0 aliphatic heterocycles. The standard InChI is InChI=1S/C10H12F6O6/c1-4(9(11,12)13)21-2-3-22-6(10(14,15)16)5(7(17)18)8(19)20/h4-6H,2-3H2,1H3,(H,17,18)(H,19,20). The Kier molecular flexibility index (Phi) is 7.09. The second-order valence-electron chi connectivity index (χ2n) is 4.04. The lowest BCUT2D eigenvalue weighted by atomic mass is 10.0. The average Bonchev–Trinajstić information content (AvgIpc) is 2.28. The van der Waals surface area contributed by atoms with Crippen molar-refractivity contribution in [3.63, 3.8) is 0 Å². The van der Waals surface area contributed by atoms with E-state index in [1.54, 1.807) is 0 Å².